The van der Waals surface area contributed by atoms with E-state index >= 15 is 0 Å². The maximum atomic E-state index is 12.6. The molecule has 0 radical (unpaired) electrons. The number of rotatable bonds is 6. The van der Waals surface area contributed by atoms with E-state index in [1.54, 1.807) is 12.3 Å². The minimum Gasteiger partial charge on any atom is -0.458 e. The minimum atomic E-state index is -0.597. The number of nitrogens with zero attached hydrogens (tertiary/aromatic N) is 3. The van der Waals surface area contributed by atoms with Crippen molar-refractivity contribution >= 4 is 35.7 Å². The average molecular weight is 434 g/mol. The molecule has 0 amide bonds. The summed E-state index contributed by atoms with van der Waals surface area (Å²) in [4.78, 5) is 17.1. The predicted molar refractivity (Wildman–Crippen MR) is 121 cm³/mol. The van der Waals surface area contributed by atoms with Crippen molar-refractivity contribution in [2.75, 3.05) is 13.2 Å². The summed E-state index contributed by atoms with van der Waals surface area (Å²) in [7, 11) is 0. The zero-order chi connectivity index (χ0) is 21.6. The van der Waals surface area contributed by atoms with E-state index in [-0.39, 0.29) is 11.7 Å². The van der Waals surface area contributed by atoms with Crippen molar-refractivity contribution in [1.82, 2.24) is 9.55 Å². The third-order valence-electron chi connectivity index (χ3n) is 5.27. The fraction of sp³-hybridized carbons (Fsp3) is 0.292. The van der Waals surface area contributed by atoms with Crippen molar-refractivity contribution in [1.29, 1.82) is 5.26 Å². The van der Waals surface area contributed by atoms with Gasteiger partial charge in [-0.15, -0.1) is 0 Å². The predicted octanol–water partition coefficient (Wildman–Crippen LogP) is 4.14. The molecule has 0 saturated carbocycles. The Balaban J connectivity index is 1.63. The van der Waals surface area contributed by atoms with Crippen molar-refractivity contribution in [3.63, 3.8) is 0 Å². The van der Waals surface area contributed by atoms with E-state index in [0.29, 0.717) is 38.4 Å². The van der Waals surface area contributed by atoms with Gasteiger partial charge in [-0.2, -0.15) is 17.9 Å². The number of hydrogen-bond acceptors (Lipinski definition) is 6. The van der Waals surface area contributed by atoms with Gasteiger partial charge in [-0.1, -0.05) is 24.3 Å². The van der Waals surface area contributed by atoms with E-state index in [1.165, 1.54) is 0 Å². The van der Waals surface area contributed by atoms with Crippen LogP contribution in [0, 0.1) is 11.3 Å². The highest BCUT2D eigenvalue weighted by molar-refractivity contribution is 7.79. The molecule has 7 heteroatoms. The van der Waals surface area contributed by atoms with Crippen LogP contribution in [0.4, 0.5) is 0 Å². The Morgan fingerprint density at radius 1 is 1.29 bits per heavy atom. The summed E-state index contributed by atoms with van der Waals surface area (Å²) in [6.45, 7) is 1.76. The van der Waals surface area contributed by atoms with Crippen LogP contribution in [0.1, 0.15) is 29.5 Å². The van der Waals surface area contributed by atoms with Crippen molar-refractivity contribution in [3.05, 3.63) is 71.1 Å². The molecule has 6 nitrogen and oxygen atoms in total. The summed E-state index contributed by atoms with van der Waals surface area (Å²) in [6.07, 6.45) is 6.34. The minimum absolute atomic E-state index is 0.0218. The molecule has 158 valence electrons. The van der Waals surface area contributed by atoms with E-state index in [4.69, 9.17) is 9.47 Å². The lowest BCUT2D eigenvalue weighted by atomic mass is 10.1. The number of ether oxygens (including phenoxy) is 2. The average Bonchev–Trinajstić information content (AvgIpc) is 3.15. The standard InChI is InChI=1S/C24H23N3O3S/c25-13-19(24(28)30-21-6-9-29-10-7-21)12-20-15-27(23-22(20)5-2-8-26-23)14-17-3-1-4-18(11-17)16-31/h1-5,8,11-12,15,21,31H,6-7,9-10,14,16H2/b19-12+. The van der Waals surface area contributed by atoms with Crippen LogP contribution in [-0.4, -0.2) is 34.8 Å². The highest BCUT2D eigenvalue weighted by atomic mass is 32.1. The van der Waals surface area contributed by atoms with Crippen LogP contribution in [0.25, 0.3) is 17.1 Å². The molecular weight excluding hydrogens is 410 g/mol. The van der Waals surface area contributed by atoms with Crippen molar-refractivity contribution in [2.45, 2.75) is 31.2 Å². The Labute approximate surface area is 186 Å². The highest BCUT2D eigenvalue weighted by Crippen LogP contribution is 2.24. The zero-order valence-corrected chi connectivity index (χ0v) is 17.9. The van der Waals surface area contributed by atoms with Gasteiger partial charge in [0, 0.05) is 48.5 Å². The molecule has 1 saturated heterocycles. The molecule has 0 spiro atoms. The number of benzene rings is 1. The molecule has 1 aromatic carbocycles. The number of thiol groups is 1. The zero-order valence-electron chi connectivity index (χ0n) is 17.0. The van der Waals surface area contributed by atoms with Gasteiger partial charge in [0.25, 0.3) is 0 Å². The van der Waals surface area contributed by atoms with Crippen molar-refractivity contribution < 1.29 is 14.3 Å². The molecule has 0 atom stereocenters. The Morgan fingerprint density at radius 3 is 2.87 bits per heavy atom. The first kappa shape index (κ1) is 21.2. The number of hydrogen-bond donors (Lipinski definition) is 1. The summed E-state index contributed by atoms with van der Waals surface area (Å²) >= 11 is 4.35. The van der Waals surface area contributed by atoms with Crippen LogP contribution in [0.15, 0.2) is 54.4 Å². The Morgan fingerprint density at radius 2 is 2.10 bits per heavy atom. The van der Waals surface area contributed by atoms with Gasteiger partial charge in [0.15, 0.2) is 0 Å². The second-order valence-electron chi connectivity index (χ2n) is 7.45. The topological polar surface area (TPSA) is 77.1 Å². The van der Waals surface area contributed by atoms with Gasteiger partial charge in [-0.05, 0) is 29.3 Å². The van der Waals surface area contributed by atoms with E-state index in [9.17, 15) is 10.1 Å². The molecule has 3 heterocycles. The maximum absolute atomic E-state index is 12.6. The van der Waals surface area contributed by atoms with E-state index in [1.807, 2.05) is 41.1 Å². The Kier molecular flexibility index (Phi) is 6.70. The first-order valence-corrected chi connectivity index (χ1v) is 10.8. The molecule has 4 rings (SSSR count). The number of nitriles is 1. The molecular formula is C24H23N3O3S. The van der Waals surface area contributed by atoms with E-state index < -0.39 is 5.97 Å². The second kappa shape index (κ2) is 9.82. The summed E-state index contributed by atoms with van der Waals surface area (Å²) < 4.78 is 12.8. The number of aromatic nitrogens is 2. The van der Waals surface area contributed by atoms with Crippen molar-refractivity contribution in [3.8, 4) is 6.07 Å². The molecule has 2 aromatic heterocycles. The summed E-state index contributed by atoms with van der Waals surface area (Å²) in [5.41, 5.74) is 3.80. The number of carbonyl (C=O) groups is 1. The molecule has 1 aliphatic heterocycles. The van der Waals surface area contributed by atoms with Crippen LogP contribution >= 0.6 is 12.6 Å². The molecule has 1 fully saturated rings. The monoisotopic (exact) mass is 433 g/mol. The van der Waals surface area contributed by atoms with Gasteiger partial charge in [-0.3, -0.25) is 0 Å². The molecule has 0 unspecified atom stereocenters. The lowest BCUT2D eigenvalue weighted by Gasteiger charge is -2.21. The van der Waals surface area contributed by atoms with Gasteiger partial charge in [0.05, 0.1) is 13.2 Å². The summed E-state index contributed by atoms with van der Waals surface area (Å²) in [5, 5.41) is 10.5. The van der Waals surface area contributed by atoms with Gasteiger partial charge in [0.2, 0.25) is 0 Å². The van der Waals surface area contributed by atoms with Crippen LogP contribution in [0.2, 0.25) is 0 Å². The van der Waals surface area contributed by atoms with Crippen LogP contribution in [0.3, 0.4) is 0 Å². The highest BCUT2D eigenvalue weighted by Gasteiger charge is 2.21. The normalized spacial score (nSPS) is 15.0. The lowest BCUT2D eigenvalue weighted by Crippen LogP contribution is -2.26. The fourth-order valence-electron chi connectivity index (χ4n) is 3.71. The van der Waals surface area contributed by atoms with Gasteiger partial charge in [-0.25, -0.2) is 9.78 Å². The molecule has 3 aromatic rings. The van der Waals surface area contributed by atoms with Gasteiger partial charge >= 0.3 is 5.97 Å². The summed E-state index contributed by atoms with van der Waals surface area (Å²) in [5.74, 6) is 0.0773. The first-order valence-electron chi connectivity index (χ1n) is 10.2. The number of esters is 1. The van der Waals surface area contributed by atoms with Crippen LogP contribution < -0.4 is 0 Å². The van der Waals surface area contributed by atoms with Crippen LogP contribution in [0.5, 0.6) is 0 Å². The molecule has 31 heavy (non-hydrogen) atoms. The fourth-order valence-corrected chi connectivity index (χ4v) is 3.91. The number of carbonyl (C=O) groups excluding carboxylic acids is 1. The Bertz CT molecular complexity index is 1160. The lowest BCUT2D eigenvalue weighted by molar-refractivity contribution is -0.147. The Hall–Kier alpha value is -3.08. The van der Waals surface area contributed by atoms with Gasteiger partial charge in [0.1, 0.15) is 23.4 Å². The molecule has 0 aliphatic carbocycles. The third kappa shape index (κ3) is 4.98. The van der Waals surface area contributed by atoms with Gasteiger partial charge < -0.3 is 14.0 Å². The third-order valence-corrected chi connectivity index (χ3v) is 5.64. The number of pyridine rings is 1. The SMILES string of the molecule is N#C/C(=C\c1cn(Cc2cccc(CS)c2)c2ncccc12)C(=O)OC1CCOCC1. The maximum Gasteiger partial charge on any atom is 0.349 e. The second-order valence-corrected chi connectivity index (χ2v) is 7.77. The smallest absolute Gasteiger partial charge is 0.349 e. The largest absolute Gasteiger partial charge is 0.458 e. The molecule has 0 N–H and O–H groups in total. The molecule has 0 bridgehead atoms. The molecule has 1 aliphatic rings. The number of fused-ring (bicyclic) bond motifs is 1. The quantitative estimate of drug-likeness (QED) is 0.274. The van der Waals surface area contributed by atoms with E-state index in [0.717, 1.165) is 27.7 Å². The summed E-state index contributed by atoms with van der Waals surface area (Å²) in [6, 6.07) is 14.0. The first-order chi connectivity index (χ1) is 15.2. The van der Waals surface area contributed by atoms with E-state index in [2.05, 4.69) is 29.7 Å². The van der Waals surface area contributed by atoms with Crippen molar-refractivity contribution in [2.24, 2.45) is 0 Å². The van der Waals surface area contributed by atoms with Crippen LogP contribution in [-0.2, 0) is 26.6 Å².